The van der Waals surface area contributed by atoms with Crippen LogP contribution in [0.1, 0.15) is 25.6 Å². The lowest BCUT2D eigenvalue weighted by atomic mass is 10.0. The summed E-state index contributed by atoms with van der Waals surface area (Å²) < 4.78 is 10.1. The minimum Gasteiger partial charge on any atom is -0.378 e. The SMILES string of the molecule is CCC[C@H]1COC[C@H]2CN(c3nc(C)ns3)CCN12. The number of hydrogen-bond acceptors (Lipinski definition) is 6. The molecule has 0 amide bonds. The van der Waals surface area contributed by atoms with Gasteiger partial charge < -0.3 is 9.64 Å². The Morgan fingerprint density at radius 2 is 2.26 bits per heavy atom. The highest BCUT2D eigenvalue weighted by Gasteiger charge is 2.35. The number of hydrogen-bond donors (Lipinski definition) is 0. The van der Waals surface area contributed by atoms with Crippen LogP contribution in [0.4, 0.5) is 5.13 Å². The second kappa shape index (κ2) is 5.73. The van der Waals surface area contributed by atoms with E-state index in [2.05, 4.69) is 26.1 Å². The van der Waals surface area contributed by atoms with Gasteiger partial charge in [-0.1, -0.05) is 13.3 Å². The van der Waals surface area contributed by atoms with Gasteiger partial charge in [0.1, 0.15) is 5.82 Å². The Hall–Kier alpha value is -0.720. The normalized spacial score (nSPS) is 28.4. The summed E-state index contributed by atoms with van der Waals surface area (Å²) in [6.07, 6.45) is 2.48. The fraction of sp³-hybridized carbons (Fsp3) is 0.846. The molecule has 0 unspecified atom stereocenters. The zero-order chi connectivity index (χ0) is 13.2. The topological polar surface area (TPSA) is 41.5 Å². The summed E-state index contributed by atoms with van der Waals surface area (Å²) in [7, 11) is 0. The van der Waals surface area contributed by atoms with Gasteiger partial charge in [-0.2, -0.15) is 4.37 Å². The predicted molar refractivity (Wildman–Crippen MR) is 76.9 cm³/mol. The maximum atomic E-state index is 5.79. The van der Waals surface area contributed by atoms with Gasteiger partial charge in [-0.3, -0.25) is 4.90 Å². The largest absolute Gasteiger partial charge is 0.378 e. The van der Waals surface area contributed by atoms with Gasteiger partial charge >= 0.3 is 0 Å². The molecule has 5 nitrogen and oxygen atoms in total. The lowest BCUT2D eigenvalue weighted by Crippen LogP contribution is -2.62. The molecule has 2 aliphatic heterocycles. The van der Waals surface area contributed by atoms with Crippen molar-refractivity contribution in [3.05, 3.63) is 5.82 Å². The molecule has 2 saturated heterocycles. The summed E-state index contributed by atoms with van der Waals surface area (Å²) in [5, 5.41) is 1.06. The molecule has 0 spiro atoms. The Morgan fingerprint density at radius 1 is 1.37 bits per heavy atom. The van der Waals surface area contributed by atoms with Gasteiger partial charge in [0.05, 0.1) is 19.3 Å². The number of ether oxygens (including phenoxy) is 1. The number of nitrogens with zero attached hydrogens (tertiary/aromatic N) is 4. The van der Waals surface area contributed by atoms with E-state index >= 15 is 0 Å². The minimum atomic E-state index is 0.517. The van der Waals surface area contributed by atoms with Gasteiger partial charge in [0, 0.05) is 37.2 Å². The number of aromatic nitrogens is 2. The van der Waals surface area contributed by atoms with E-state index in [1.807, 2.05) is 6.92 Å². The molecule has 2 aliphatic rings. The van der Waals surface area contributed by atoms with Crippen molar-refractivity contribution >= 4 is 16.7 Å². The highest BCUT2D eigenvalue weighted by Crippen LogP contribution is 2.25. The fourth-order valence-corrected chi connectivity index (χ4v) is 3.81. The van der Waals surface area contributed by atoms with E-state index in [1.165, 1.54) is 24.4 Å². The van der Waals surface area contributed by atoms with Crippen LogP contribution in [-0.4, -0.2) is 59.2 Å². The van der Waals surface area contributed by atoms with Crippen LogP contribution < -0.4 is 4.90 Å². The van der Waals surface area contributed by atoms with E-state index in [-0.39, 0.29) is 0 Å². The molecule has 0 radical (unpaired) electrons. The molecule has 3 rings (SSSR count). The van der Waals surface area contributed by atoms with Crippen LogP contribution in [-0.2, 0) is 4.74 Å². The van der Waals surface area contributed by atoms with Crippen molar-refractivity contribution < 1.29 is 4.74 Å². The van der Waals surface area contributed by atoms with Crippen molar-refractivity contribution in [3.8, 4) is 0 Å². The number of fused-ring (bicyclic) bond motifs is 1. The average Bonchev–Trinajstić information content (AvgIpc) is 2.86. The summed E-state index contributed by atoms with van der Waals surface area (Å²) in [6, 6.07) is 1.13. The van der Waals surface area contributed by atoms with Crippen molar-refractivity contribution in [1.29, 1.82) is 0 Å². The fourth-order valence-electron chi connectivity index (χ4n) is 3.11. The maximum absolute atomic E-state index is 5.79. The molecule has 1 aromatic heterocycles. The molecule has 3 heterocycles. The number of piperazine rings is 1. The zero-order valence-electron chi connectivity index (χ0n) is 11.7. The first-order valence-corrected chi connectivity index (χ1v) is 7.94. The molecule has 0 aromatic carbocycles. The standard InChI is InChI=1S/C13H22N4OS/c1-3-4-11-8-18-9-12-7-16(5-6-17(11)12)13-14-10(2)15-19-13/h11-12H,3-9H2,1-2H3/t11-,12+/m0/s1. The quantitative estimate of drug-likeness (QED) is 0.841. The third-order valence-electron chi connectivity index (χ3n) is 4.03. The van der Waals surface area contributed by atoms with Crippen LogP contribution in [0.15, 0.2) is 0 Å². The molecule has 6 heteroatoms. The second-order valence-electron chi connectivity index (χ2n) is 5.44. The highest BCUT2D eigenvalue weighted by atomic mass is 32.1. The molecular weight excluding hydrogens is 260 g/mol. The number of anilines is 1. The van der Waals surface area contributed by atoms with E-state index < -0.39 is 0 Å². The summed E-state index contributed by atoms with van der Waals surface area (Å²) >= 11 is 1.51. The van der Waals surface area contributed by atoms with E-state index in [1.54, 1.807) is 0 Å². The van der Waals surface area contributed by atoms with Crippen molar-refractivity contribution in [2.75, 3.05) is 37.7 Å². The first-order valence-electron chi connectivity index (χ1n) is 7.16. The summed E-state index contributed by atoms with van der Waals surface area (Å²) in [5.74, 6) is 0.881. The van der Waals surface area contributed by atoms with Crippen LogP contribution in [0.3, 0.4) is 0 Å². The number of aryl methyl sites for hydroxylation is 1. The van der Waals surface area contributed by atoms with Crippen molar-refractivity contribution in [2.24, 2.45) is 0 Å². The van der Waals surface area contributed by atoms with Crippen LogP contribution in [0.5, 0.6) is 0 Å². The van der Waals surface area contributed by atoms with Crippen LogP contribution in [0, 0.1) is 6.92 Å². The van der Waals surface area contributed by atoms with Gasteiger partial charge in [0.25, 0.3) is 0 Å². The lowest BCUT2D eigenvalue weighted by molar-refractivity contribution is -0.0557. The Kier molecular flexibility index (Phi) is 4.00. The maximum Gasteiger partial charge on any atom is 0.205 e. The summed E-state index contributed by atoms with van der Waals surface area (Å²) in [6.45, 7) is 9.18. The monoisotopic (exact) mass is 282 g/mol. The predicted octanol–water partition coefficient (Wildman–Crippen LogP) is 1.54. The lowest BCUT2D eigenvalue weighted by Gasteiger charge is -2.47. The highest BCUT2D eigenvalue weighted by molar-refractivity contribution is 7.09. The third-order valence-corrected chi connectivity index (χ3v) is 4.90. The first kappa shape index (κ1) is 13.3. The van der Waals surface area contributed by atoms with Crippen molar-refractivity contribution in [1.82, 2.24) is 14.3 Å². The Bertz CT molecular complexity index is 423. The van der Waals surface area contributed by atoms with Crippen LogP contribution in [0.2, 0.25) is 0 Å². The second-order valence-corrected chi connectivity index (χ2v) is 6.17. The molecule has 0 N–H and O–H groups in total. The van der Waals surface area contributed by atoms with E-state index in [9.17, 15) is 0 Å². The molecule has 1 aromatic rings. The van der Waals surface area contributed by atoms with Gasteiger partial charge in [-0.25, -0.2) is 4.98 Å². The number of rotatable bonds is 3. The third kappa shape index (κ3) is 2.75. The van der Waals surface area contributed by atoms with E-state index in [0.29, 0.717) is 12.1 Å². The van der Waals surface area contributed by atoms with Crippen LogP contribution >= 0.6 is 11.5 Å². The average molecular weight is 282 g/mol. The van der Waals surface area contributed by atoms with Gasteiger partial charge in [0.2, 0.25) is 5.13 Å². The first-order chi connectivity index (χ1) is 9.28. The minimum absolute atomic E-state index is 0.517. The van der Waals surface area contributed by atoms with Crippen molar-refractivity contribution in [2.45, 2.75) is 38.8 Å². The van der Waals surface area contributed by atoms with Gasteiger partial charge in [0.15, 0.2) is 0 Å². The molecule has 106 valence electrons. The molecule has 0 bridgehead atoms. The molecule has 2 atom stereocenters. The molecule has 0 saturated carbocycles. The zero-order valence-corrected chi connectivity index (χ0v) is 12.5. The van der Waals surface area contributed by atoms with Crippen molar-refractivity contribution in [3.63, 3.8) is 0 Å². The molecule has 0 aliphatic carbocycles. The van der Waals surface area contributed by atoms with E-state index in [0.717, 1.165) is 43.8 Å². The summed E-state index contributed by atoms with van der Waals surface area (Å²) in [5.41, 5.74) is 0. The molecule has 19 heavy (non-hydrogen) atoms. The molecule has 2 fully saturated rings. The van der Waals surface area contributed by atoms with Gasteiger partial charge in [-0.05, 0) is 13.3 Å². The van der Waals surface area contributed by atoms with Gasteiger partial charge in [-0.15, -0.1) is 0 Å². The molecular formula is C13H22N4OS. The Labute approximate surface area is 118 Å². The Balaban J connectivity index is 1.67. The van der Waals surface area contributed by atoms with Crippen LogP contribution in [0.25, 0.3) is 0 Å². The van der Waals surface area contributed by atoms with E-state index in [4.69, 9.17) is 4.74 Å². The smallest absolute Gasteiger partial charge is 0.205 e. The Morgan fingerprint density at radius 3 is 3.00 bits per heavy atom. The number of morpholine rings is 1. The summed E-state index contributed by atoms with van der Waals surface area (Å²) in [4.78, 5) is 9.52.